The van der Waals surface area contributed by atoms with Gasteiger partial charge in [-0.3, -0.25) is 0 Å². The Hall–Kier alpha value is -0.820. The lowest BCUT2D eigenvalue weighted by Gasteiger charge is -2.24. The summed E-state index contributed by atoms with van der Waals surface area (Å²) >= 11 is 0. The first kappa shape index (κ1) is 12.6. The van der Waals surface area contributed by atoms with Gasteiger partial charge in [0.1, 0.15) is 0 Å². The van der Waals surface area contributed by atoms with E-state index in [4.69, 9.17) is 0 Å². The van der Waals surface area contributed by atoms with Gasteiger partial charge >= 0.3 is 0 Å². The number of nitrogens with one attached hydrogen (secondary N) is 1. The third-order valence-corrected chi connectivity index (χ3v) is 4.09. The van der Waals surface area contributed by atoms with Crippen LogP contribution in [0.1, 0.15) is 56.2 Å². The largest absolute Gasteiger partial charge is 0.310 e. The molecule has 1 aromatic rings. The molecule has 0 unspecified atom stereocenters. The maximum atomic E-state index is 3.71. The van der Waals surface area contributed by atoms with Crippen LogP contribution in [0.2, 0.25) is 0 Å². The first-order chi connectivity index (χ1) is 8.27. The lowest BCUT2D eigenvalue weighted by molar-refractivity contribution is 0.331. The van der Waals surface area contributed by atoms with Gasteiger partial charge in [-0.1, -0.05) is 43.5 Å². The van der Waals surface area contributed by atoms with E-state index in [1.54, 1.807) is 0 Å². The molecular formula is C16H25N. The summed E-state index contributed by atoms with van der Waals surface area (Å²) in [6.45, 7) is 5.68. The average Bonchev–Trinajstić information content (AvgIpc) is 2.38. The minimum absolute atomic E-state index is 0.484. The molecule has 0 radical (unpaired) electrons. The zero-order valence-electron chi connectivity index (χ0n) is 11.2. The van der Waals surface area contributed by atoms with Crippen molar-refractivity contribution >= 4 is 0 Å². The van der Waals surface area contributed by atoms with Crippen molar-refractivity contribution < 1.29 is 0 Å². The van der Waals surface area contributed by atoms with E-state index in [2.05, 4.69) is 43.4 Å². The van der Waals surface area contributed by atoms with E-state index in [0.717, 1.165) is 5.92 Å². The Bertz CT molecular complexity index is 339. The van der Waals surface area contributed by atoms with E-state index in [9.17, 15) is 0 Å². The summed E-state index contributed by atoms with van der Waals surface area (Å²) in [6.07, 6.45) is 7.17. The monoisotopic (exact) mass is 231 g/mol. The van der Waals surface area contributed by atoms with Crippen molar-refractivity contribution in [3.63, 3.8) is 0 Å². The van der Waals surface area contributed by atoms with Crippen molar-refractivity contribution in [3.8, 4) is 0 Å². The fourth-order valence-electron chi connectivity index (χ4n) is 2.92. The van der Waals surface area contributed by atoms with Gasteiger partial charge in [-0.05, 0) is 50.3 Å². The molecule has 0 aromatic heterocycles. The first-order valence-electron chi connectivity index (χ1n) is 7.06. The highest BCUT2D eigenvalue weighted by Crippen LogP contribution is 2.24. The van der Waals surface area contributed by atoms with Crippen LogP contribution in [0.25, 0.3) is 0 Å². The normalized spacial score (nSPS) is 19.2. The van der Waals surface area contributed by atoms with Crippen molar-refractivity contribution in [2.24, 2.45) is 5.92 Å². The molecule has 1 atom stereocenters. The summed E-state index contributed by atoms with van der Waals surface area (Å²) in [7, 11) is 0. The standard InChI is InChI=1S/C16H25N/c1-13-8-6-7-11-16(13)14(2)17-12-15-9-4-3-5-10-15/h6-8,11,14-15,17H,3-5,9-10,12H2,1-2H3/t14-/m1/s1. The van der Waals surface area contributed by atoms with Gasteiger partial charge in [0.15, 0.2) is 0 Å². The van der Waals surface area contributed by atoms with E-state index in [1.807, 2.05) is 0 Å². The van der Waals surface area contributed by atoms with Crippen LogP contribution >= 0.6 is 0 Å². The molecule has 1 nitrogen and oxygen atoms in total. The molecule has 0 amide bonds. The van der Waals surface area contributed by atoms with Crippen LogP contribution in [0.4, 0.5) is 0 Å². The van der Waals surface area contributed by atoms with Gasteiger partial charge in [0, 0.05) is 6.04 Å². The molecular weight excluding hydrogens is 206 g/mol. The van der Waals surface area contributed by atoms with Crippen LogP contribution in [-0.2, 0) is 0 Å². The average molecular weight is 231 g/mol. The first-order valence-corrected chi connectivity index (χ1v) is 7.06. The minimum atomic E-state index is 0.484. The van der Waals surface area contributed by atoms with Crippen LogP contribution < -0.4 is 5.32 Å². The SMILES string of the molecule is Cc1ccccc1[C@@H](C)NCC1CCCCC1. The van der Waals surface area contributed by atoms with Crippen molar-refractivity contribution in [2.75, 3.05) is 6.54 Å². The molecule has 1 heteroatoms. The maximum absolute atomic E-state index is 3.71. The molecule has 2 rings (SSSR count). The van der Waals surface area contributed by atoms with Gasteiger partial charge in [-0.15, -0.1) is 0 Å². The number of aryl methyl sites for hydroxylation is 1. The lowest BCUT2D eigenvalue weighted by atomic mass is 9.89. The summed E-state index contributed by atoms with van der Waals surface area (Å²) in [5.74, 6) is 0.912. The van der Waals surface area contributed by atoms with Gasteiger partial charge in [-0.25, -0.2) is 0 Å². The molecule has 0 spiro atoms. The van der Waals surface area contributed by atoms with Gasteiger partial charge in [0.05, 0.1) is 0 Å². The molecule has 1 saturated carbocycles. The lowest BCUT2D eigenvalue weighted by Crippen LogP contribution is -2.27. The molecule has 94 valence electrons. The van der Waals surface area contributed by atoms with Crippen molar-refractivity contribution in [1.29, 1.82) is 0 Å². The smallest absolute Gasteiger partial charge is 0.0294 e. The number of rotatable bonds is 4. The fraction of sp³-hybridized carbons (Fsp3) is 0.625. The summed E-state index contributed by atoms with van der Waals surface area (Å²) in [5, 5.41) is 3.71. The molecule has 1 aliphatic carbocycles. The van der Waals surface area contributed by atoms with Gasteiger partial charge < -0.3 is 5.32 Å². The zero-order valence-corrected chi connectivity index (χ0v) is 11.2. The molecule has 1 N–H and O–H groups in total. The number of hydrogen-bond acceptors (Lipinski definition) is 1. The predicted molar refractivity (Wildman–Crippen MR) is 74.2 cm³/mol. The van der Waals surface area contributed by atoms with Gasteiger partial charge in [0.2, 0.25) is 0 Å². The second-order valence-electron chi connectivity index (χ2n) is 5.49. The van der Waals surface area contributed by atoms with Gasteiger partial charge in [0.25, 0.3) is 0 Å². The third kappa shape index (κ3) is 3.57. The van der Waals surface area contributed by atoms with Crippen molar-refractivity contribution in [3.05, 3.63) is 35.4 Å². The molecule has 0 aliphatic heterocycles. The van der Waals surface area contributed by atoms with E-state index >= 15 is 0 Å². The van der Waals surface area contributed by atoms with Crippen molar-refractivity contribution in [2.45, 2.75) is 52.0 Å². The third-order valence-electron chi connectivity index (χ3n) is 4.09. The van der Waals surface area contributed by atoms with Gasteiger partial charge in [-0.2, -0.15) is 0 Å². The summed E-state index contributed by atoms with van der Waals surface area (Å²) < 4.78 is 0. The molecule has 0 bridgehead atoms. The molecule has 1 fully saturated rings. The summed E-state index contributed by atoms with van der Waals surface area (Å²) in [6, 6.07) is 9.19. The highest BCUT2D eigenvalue weighted by molar-refractivity contribution is 5.28. The second-order valence-corrected chi connectivity index (χ2v) is 5.49. The van der Waals surface area contributed by atoms with Crippen LogP contribution in [0.15, 0.2) is 24.3 Å². The predicted octanol–water partition coefficient (Wildman–Crippen LogP) is 4.23. The van der Waals surface area contributed by atoms with E-state index in [-0.39, 0.29) is 0 Å². The topological polar surface area (TPSA) is 12.0 Å². The Balaban J connectivity index is 1.84. The quantitative estimate of drug-likeness (QED) is 0.818. The van der Waals surface area contributed by atoms with Crippen LogP contribution in [0.3, 0.4) is 0 Å². The van der Waals surface area contributed by atoms with Crippen LogP contribution in [0, 0.1) is 12.8 Å². The Morgan fingerprint density at radius 2 is 1.88 bits per heavy atom. The Labute approximate surface area is 106 Å². The molecule has 0 heterocycles. The summed E-state index contributed by atoms with van der Waals surface area (Å²) in [5.41, 5.74) is 2.85. The Kier molecular flexibility index (Phi) is 4.61. The Morgan fingerprint density at radius 1 is 1.18 bits per heavy atom. The minimum Gasteiger partial charge on any atom is -0.310 e. The van der Waals surface area contributed by atoms with E-state index < -0.39 is 0 Å². The molecule has 1 aliphatic rings. The highest BCUT2D eigenvalue weighted by Gasteiger charge is 2.15. The van der Waals surface area contributed by atoms with E-state index in [0.29, 0.717) is 6.04 Å². The van der Waals surface area contributed by atoms with Crippen LogP contribution in [0.5, 0.6) is 0 Å². The Morgan fingerprint density at radius 3 is 2.59 bits per heavy atom. The second kappa shape index (κ2) is 6.20. The van der Waals surface area contributed by atoms with Crippen molar-refractivity contribution in [1.82, 2.24) is 5.32 Å². The fourth-order valence-corrected chi connectivity index (χ4v) is 2.92. The summed E-state index contributed by atoms with van der Waals surface area (Å²) in [4.78, 5) is 0. The number of benzene rings is 1. The molecule has 1 aromatic carbocycles. The molecule has 0 saturated heterocycles. The van der Waals surface area contributed by atoms with E-state index in [1.165, 1.54) is 49.8 Å². The number of hydrogen-bond donors (Lipinski definition) is 1. The zero-order chi connectivity index (χ0) is 12.1. The highest BCUT2D eigenvalue weighted by atomic mass is 14.9. The molecule has 17 heavy (non-hydrogen) atoms. The maximum Gasteiger partial charge on any atom is 0.0294 e. The van der Waals surface area contributed by atoms with Crippen LogP contribution in [-0.4, -0.2) is 6.54 Å².